The molecule has 0 radical (unpaired) electrons. The van der Waals surface area contributed by atoms with Gasteiger partial charge in [0, 0.05) is 0 Å². The fourth-order valence-corrected chi connectivity index (χ4v) is 1.45. The summed E-state index contributed by atoms with van der Waals surface area (Å²) in [5.74, 6) is 1.30. The summed E-state index contributed by atoms with van der Waals surface area (Å²) >= 11 is 0. The molecule has 0 aliphatic carbocycles. The van der Waals surface area contributed by atoms with Crippen LogP contribution >= 0.6 is 0 Å². The van der Waals surface area contributed by atoms with Crippen LogP contribution in [-0.4, -0.2) is 11.2 Å². The van der Waals surface area contributed by atoms with Crippen molar-refractivity contribution in [2.24, 2.45) is 0 Å². The van der Waals surface area contributed by atoms with E-state index in [2.05, 4.69) is 13.8 Å². The molecule has 0 fully saturated rings. The third-order valence-corrected chi connectivity index (χ3v) is 2.21. The molecule has 15 heavy (non-hydrogen) atoms. The molecular weight excluding hydrogens is 188 g/mol. The van der Waals surface area contributed by atoms with Crippen molar-refractivity contribution in [2.45, 2.75) is 46.3 Å². The fraction of sp³-hybridized carbons (Fsp3) is 0.538. The lowest BCUT2D eigenvalue weighted by Crippen LogP contribution is -2.06. The van der Waals surface area contributed by atoms with E-state index in [0.29, 0.717) is 5.92 Å². The first-order valence-electron chi connectivity index (χ1n) is 5.44. The van der Waals surface area contributed by atoms with Gasteiger partial charge in [-0.1, -0.05) is 19.9 Å². The molecule has 0 saturated carbocycles. The standard InChI is InChI=1S/C13H20O2/c1-9(2)12-5-11(8-14)6-13(7-12)15-10(3)4/h5-7,9-10,14H,8H2,1-4H3. The zero-order valence-electron chi connectivity index (χ0n) is 9.95. The summed E-state index contributed by atoms with van der Waals surface area (Å²) in [6.45, 7) is 8.33. The highest BCUT2D eigenvalue weighted by Crippen LogP contribution is 2.23. The summed E-state index contributed by atoms with van der Waals surface area (Å²) in [5.41, 5.74) is 2.12. The maximum Gasteiger partial charge on any atom is 0.120 e. The van der Waals surface area contributed by atoms with Gasteiger partial charge in [-0.3, -0.25) is 0 Å². The van der Waals surface area contributed by atoms with Crippen molar-refractivity contribution in [2.75, 3.05) is 0 Å². The molecule has 0 spiro atoms. The summed E-state index contributed by atoms with van der Waals surface area (Å²) in [4.78, 5) is 0. The van der Waals surface area contributed by atoms with Crippen LogP contribution in [0.5, 0.6) is 5.75 Å². The highest BCUT2D eigenvalue weighted by molar-refractivity contribution is 5.35. The third-order valence-electron chi connectivity index (χ3n) is 2.21. The van der Waals surface area contributed by atoms with E-state index in [0.717, 1.165) is 11.3 Å². The molecule has 0 aliphatic heterocycles. The van der Waals surface area contributed by atoms with Crippen LogP contribution in [-0.2, 0) is 6.61 Å². The third kappa shape index (κ3) is 3.56. The van der Waals surface area contributed by atoms with Gasteiger partial charge in [-0.05, 0) is 43.0 Å². The van der Waals surface area contributed by atoms with Crippen molar-refractivity contribution in [1.82, 2.24) is 0 Å². The average Bonchev–Trinajstić information content (AvgIpc) is 2.16. The minimum absolute atomic E-state index is 0.0645. The van der Waals surface area contributed by atoms with Crippen LogP contribution in [0.2, 0.25) is 0 Å². The Kier molecular flexibility index (Phi) is 4.15. The number of ether oxygens (including phenoxy) is 1. The SMILES string of the molecule is CC(C)Oc1cc(CO)cc(C(C)C)c1. The van der Waals surface area contributed by atoms with E-state index in [1.807, 2.05) is 32.0 Å². The molecule has 0 aliphatic rings. The number of hydrogen-bond acceptors (Lipinski definition) is 2. The van der Waals surface area contributed by atoms with Crippen LogP contribution in [0.4, 0.5) is 0 Å². The summed E-state index contributed by atoms with van der Waals surface area (Å²) in [5, 5.41) is 9.15. The Hall–Kier alpha value is -1.02. The molecule has 2 nitrogen and oxygen atoms in total. The molecule has 0 heterocycles. The number of hydrogen-bond donors (Lipinski definition) is 1. The first kappa shape index (κ1) is 12.1. The molecule has 1 N–H and O–H groups in total. The van der Waals surface area contributed by atoms with Crippen molar-refractivity contribution < 1.29 is 9.84 Å². The maximum atomic E-state index is 9.15. The Morgan fingerprint density at radius 1 is 1.13 bits per heavy atom. The van der Waals surface area contributed by atoms with Gasteiger partial charge in [-0.2, -0.15) is 0 Å². The van der Waals surface area contributed by atoms with Gasteiger partial charge >= 0.3 is 0 Å². The zero-order valence-corrected chi connectivity index (χ0v) is 9.95. The molecule has 0 saturated heterocycles. The van der Waals surface area contributed by atoms with Crippen LogP contribution < -0.4 is 4.74 Å². The van der Waals surface area contributed by atoms with Crippen molar-refractivity contribution in [3.63, 3.8) is 0 Å². The Morgan fingerprint density at radius 3 is 2.27 bits per heavy atom. The molecule has 0 aromatic heterocycles. The van der Waals surface area contributed by atoms with Gasteiger partial charge < -0.3 is 9.84 Å². The van der Waals surface area contributed by atoms with E-state index >= 15 is 0 Å². The lowest BCUT2D eigenvalue weighted by atomic mass is 10.0. The Balaban J connectivity index is 3.00. The number of aliphatic hydroxyl groups is 1. The van der Waals surface area contributed by atoms with E-state index in [4.69, 9.17) is 9.84 Å². The molecule has 1 aromatic rings. The van der Waals surface area contributed by atoms with Crippen LogP contribution in [0.25, 0.3) is 0 Å². The first-order valence-corrected chi connectivity index (χ1v) is 5.44. The van der Waals surface area contributed by atoms with Crippen molar-refractivity contribution in [1.29, 1.82) is 0 Å². The minimum atomic E-state index is 0.0645. The summed E-state index contributed by atoms with van der Waals surface area (Å²) in [7, 11) is 0. The molecule has 0 bridgehead atoms. The lowest BCUT2D eigenvalue weighted by molar-refractivity contribution is 0.240. The van der Waals surface area contributed by atoms with Crippen molar-refractivity contribution in [3.05, 3.63) is 29.3 Å². The van der Waals surface area contributed by atoms with Crippen LogP contribution in [0, 0.1) is 0 Å². The van der Waals surface area contributed by atoms with Crippen molar-refractivity contribution >= 4 is 0 Å². The van der Waals surface area contributed by atoms with Crippen LogP contribution in [0.1, 0.15) is 44.7 Å². The normalized spacial score (nSPS) is 11.1. The van der Waals surface area contributed by atoms with Gasteiger partial charge in [0.2, 0.25) is 0 Å². The summed E-state index contributed by atoms with van der Waals surface area (Å²) in [6.07, 6.45) is 0.166. The first-order chi connectivity index (χ1) is 7.02. The van der Waals surface area contributed by atoms with E-state index < -0.39 is 0 Å². The Labute approximate surface area is 91.9 Å². The van der Waals surface area contributed by atoms with Gasteiger partial charge in [-0.25, -0.2) is 0 Å². The highest BCUT2D eigenvalue weighted by Gasteiger charge is 2.06. The van der Waals surface area contributed by atoms with Crippen LogP contribution in [0.15, 0.2) is 18.2 Å². The molecule has 0 amide bonds. The molecule has 0 unspecified atom stereocenters. The minimum Gasteiger partial charge on any atom is -0.491 e. The number of benzene rings is 1. The van der Waals surface area contributed by atoms with Gasteiger partial charge in [0.1, 0.15) is 5.75 Å². The van der Waals surface area contributed by atoms with E-state index in [1.54, 1.807) is 0 Å². The molecule has 1 aromatic carbocycles. The topological polar surface area (TPSA) is 29.5 Å². The quantitative estimate of drug-likeness (QED) is 0.824. The second kappa shape index (κ2) is 5.17. The number of aliphatic hydroxyl groups excluding tert-OH is 1. The zero-order chi connectivity index (χ0) is 11.4. The second-order valence-corrected chi connectivity index (χ2v) is 4.39. The van der Waals surface area contributed by atoms with Crippen molar-refractivity contribution in [3.8, 4) is 5.75 Å². The Bertz CT molecular complexity index is 316. The van der Waals surface area contributed by atoms with Gasteiger partial charge in [0.05, 0.1) is 12.7 Å². The summed E-state index contributed by atoms with van der Waals surface area (Å²) < 4.78 is 5.64. The predicted molar refractivity (Wildman–Crippen MR) is 62.2 cm³/mol. The highest BCUT2D eigenvalue weighted by atomic mass is 16.5. The molecule has 84 valence electrons. The maximum absolute atomic E-state index is 9.15. The molecule has 0 atom stereocenters. The number of rotatable bonds is 4. The lowest BCUT2D eigenvalue weighted by Gasteiger charge is -2.14. The van der Waals surface area contributed by atoms with Gasteiger partial charge in [0.15, 0.2) is 0 Å². The van der Waals surface area contributed by atoms with Gasteiger partial charge in [0.25, 0.3) is 0 Å². The van der Waals surface area contributed by atoms with Gasteiger partial charge in [-0.15, -0.1) is 0 Å². The van der Waals surface area contributed by atoms with E-state index in [-0.39, 0.29) is 12.7 Å². The monoisotopic (exact) mass is 208 g/mol. The molecule has 1 rings (SSSR count). The summed E-state index contributed by atoms with van der Waals surface area (Å²) in [6, 6.07) is 5.97. The van der Waals surface area contributed by atoms with E-state index in [9.17, 15) is 0 Å². The second-order valence-electron chi connectivity index (χ2n) is 4.39. The Morgan fingerprint density at radius 2 is 1.80 bits per heavy atom. The molecule has 2 heteroatoms. The van der Waals surface area contributed by atoms with Crippen LogP contribution in [0.3, 0.4) is 0 Å². The largest absolute Gasteiger partial charge is 0.491 e. The molecular formula is C13H20O2. The smallest absolute Gasteiger partial charge is 0.120 e. The average molecular weight is 208 g/mol. The van der Waals surface area contributed by atoms with E-state index in [1.165, 1.54) is 5.56 Å². The fourth-order valence-electron chi connectivity index (χ4n) is 1.45. The predicted octanol–water partition coefficient (Wildman–Crippen LogP) is 3.09.